The second kappa shape index (κ2) is 11.5. The maximum Gasteiger partial charge on any atom is 0.251 e. The minimum Gasteiger partial charge on any atom is -0.495 e. The number of halogens is 1. The van der Waals surface area contributed by atoms with E-state index in [4.69, 9.17) is 4.74 Å². The zero-order valence-corrected chi connectivity index (χ0v) is 17.5. The summed E-state index contributed by atoms with van der Waals surface area (Å²) in [5.74, 6) is -0.0695. The van der Waals surface area contributed by atoms with Crippen LogP contribution in [0.1, 0.15) is 49.4 Å². The Morgan fingerprint density at radius 1 is 1.19 bits per heavy atom. The first kappa shape index (κ1) is 23.7. The second-order valence-corrected chi connectivity index (χ2v) is 8.16. The molecule has 1 aromatic rings. The molecule has 0 heterocycles. The summed E-state index contributed by atoms with van der Waals surface area (Å²) in [4.78, 5) is 12.3. The highest BCUT2D eigenvalue weighted by molar-refractivity contribution is 7.89. The molecular weight excluding hydrogens is 390 g/mol. The minimum absolute atomic E-state index is 0. The van der Waals surface area contributed by atoms with Crippen LogP contribution < -0.4 is 20.1 Å². The number of nitrogens with one attached hydrogen (secondary N) is 3. The van der Waals surface area contributed by atoms with Crippen LogP contribution in [0.3, 0.4) is 0 Å². The molecule has 1 fully saturated rings. The molecule has 1 amide bonds. The number of benzene rings is 1. The molecule has 0 saturated heterocycles. The SMILES string of the molecule is CCCNCCNC(=O)c1ccc(OC)c(S(=O)(=O)NC2CCCC2)c1.Cl. The van der Waals surface area contributed by atoms with E-state index in [1.807, 2.05) is 0 Å². The molecule has 0 unspecified atom stereocenters. The Balaban J connectivity index is 0.00000364. The molecule has 1 aromatic carbocycles. The number of carbonyl (C=O) groups is 1. The van der Waals surface area contributed by atoms with Crippen molar-refractivity contribution in [1.82, 2.24) is 15.4 Å². The molecule has 0 radical (unpaired) electrons. The molecule has 1 aliphatic rings. The van der Waals surface area contributed by atoms with Gasteiger partial charge in [-0.1, -0.05) is 19.8 Å². The van der Waals surface area contributed by atoms with Crippen LogP contribution >= 0.6 is 12.4 Å². The van der Waals surface area contributed by atoms with E-state index < -0.39 is 10.0 Å². The van der Waals surface area contributed by atoms with Crippen molar-refractivity contribution in [1.29, 1.82) is 0 Å². The van der Waals surface area contributed by atoms with Crippen LogP contribution in [0.4, 0.5) is 0 Å². The van der Waals surface area contributed by atoms with Crippen molar-refractivity contribution >= 4 is 28.3 Å². The average Bonchev–Trinajstić information content (AvgIpc) is 3.13. The highest BCUT2D eigenvalue weighted by Gasteiger charge is 2.26. The van der Waals surface area contributed by atoms with Crippen LogP contribution in [0.25, 0.3) is 0 Å². The molecular formula is C18H30ClN3O4S. The highest BCUT2D eigenvalue weighted by Crippen LogP contribution is 2.27. The van der Waals surface area contributed by atoms with E-state index in [0.29, 0.717) is 18.7 Å². The van der Waals surface area contributed by atoms with Gasteiger partial charge < -0.3 is 15.4 Å². The van der Waals surface area contributed by atoms with Gasteiger partial charge in [-0.25, -0.2) is 13.1 Å². The van der Waals surface area contributed by atoms with E-state index in [1.165, 1.54) is 19.2 Å². The van der Waals surface area contributed by atoms with Crippen LogP contribution in [-0.2, 0) is 10.0 Å². The molecule has 0 aromatic heterocycles. The number of sulfonamides is 1. The van der Waals surface area contributed by atoms with Crippen LogP contribution in [-0.4, -0.2) is 47.1 Å². The lowest BCUT2D eigenvalue weighted by molar-refractivity contribution is 0.0953. The summed E-state index contributed by atoms with van der Waals surface area (Å²) >= 11 is 0. The van der Waals surface area contributed by atoms with Crippen molar-refractivity contribution in [3.05, 3.63) is 23.8 Å². The Hall–Kier alpha value is -1.35. The first-order chi connectivity index (χ1) is 12.5. The van der Waals surface area contributed by atoms with Crippen molar-refractivity contribution < 1.29 is 17.9 Å². The van der Waals surface area contributed by atoms with Crippen LogP contribution in [0, 0.1) is 0 Å². The normalized spacial score (nSPS) is 14.6. The minimum atomic E-state index is -3.74. The van der Waals surface area contributed by atoms with Crippen molar-refractivity contribution in [3.63, 3.8) is 0 Å². The quantitative estimate of drug-likeness (QED) is 0.504. The second-order valence-electron chi connectivity index (χ2n) is 6.47. The predicted octanol–water partition coefficient (Wildman–Crippen LogP) is 2.07. The molecule has 2 rings (SSSR count). The summed E-state index contributed by atoms with van der Waals surface area (Å²) in [6.07, 6.45) is 4.76. The summed E-state index contributed by atoms with van der Waals surface area (Å²) in [7, 11) is -2.32. The Morgan fingerprint density at radius 3 is 2.52 bits per heavy atom. The van der Waals surface area contributed by atoms with E-state index >= 15 is 0 Å². The van der Waals surface area contributed by atoms with Crippen LogP contribution in [0.2, 0.25) is 0 Å². The van der Waals surface area contributed by atoms with Gasteiger partial charge in [-0.2, -0.15) is 0 Å². The Morgan fingerprint density at radius 2 is 1.89 bits per heavy atom. The van der Waals surface area contributed by atoms with Gasteiger partial charge in [0.2, 0.25) is 10.0 Å². The molecule has 0 spiro atoms. The van der Waals surface area contributed by atoms with Crippen molar-refractivity contribution in [2.45, 2.75) is 50.0 Å². The van der Waals surface area contributed by atoms with Crippen molar-refractivity contribution in [3.8, 4) is 5.75 Å². The lowest BCUT2D eigenvalue weighted by Gasteiger charge is -2.16. The van der Waals surface area contributed by atoms with Gasteiger partial charge in [-0.3, -0.25) is 4.79 Å². The monoisotopic (exact) mass is 419 g/mol. The lowest BCUT2D eigenvalue weighted by Crippen LogP contribution is -2.34. The van der Waals surface area contributed by atoms with Gasteiger partial charge in [0.15, 0.2) is 0 Å². The maximum absolute atomic E-state index is 12.7. The molecule has 0 aliphatic heterocycles. The number of methoxy groups -OCH3 is 1. The summed E-state index contributed by atoms with van der Waals surface area (Å²) in [5, 5.41) is 5.99. The van der Waals surface area contributed by atoms with E-state index in [9.17, 15) is 13.2 Å². The fourth-order valence-corrected chi connectivity index (χ4v) is 4.52. The molecule has 1 saturated carbocycles. The van der Waals surface area contributed by atoms with E-state index in [-0.39, 0.29) is 35.0 Å². The predicted molar refractivity (Wildman–Crippen MR) is 108 cm³/mol. The zero-order valence-electron chi connectivity index (χ0n) is 15.9. The van der Waals surface area contributed by atoms with E-state index in [1.54, 1.807) is 6.07 Å². The van der Waals surface area contributed by atoms with Gasteiger partial charge in [0.05, 0.1) is 7.11 Å². The van der Waals surface area contributed by atoms with E-state index in [2.05, 4.69) is 22.3 Å². The summed E-state index contributed by atoms with van der Waals surface area (Å²) in [6.45, 7) is 4.12. The van der Waals surface area contributed by atoms with Crippen LogP contribution in [0.15, 0.2) is 23.1 Å². The van der Waals surface area contributed by atoms with Gasteiger partial charge in [0.25, 0.3) is 5.91 Å². The highest BCUT2D eigenvalue weighted by atomic mass is 35.5. The zero-order chi connectivity index (χ0) is 19.0. The van der Waals surface area contributed by atoms with Gasteiger partial charge >= 0.3 is 0 Å². The van der Waals surface area contributed by atoms with Gasteiger partial charge in [-0.05, 0) is 44.0 Å². The number of ether oxygens (including phenoxy) is 1. The third-order valence-electron chi connectivity index (χ3n) is 4.41. The molecule has 1 aliphatic carbocycles. The summed E-state index contributed by atoms with van der Waals surface area (Å²) in [6, 6.07) is 4.42. The number of hydrogen-bond acceptors (Lipinski definition) is 5. The van der Waals surface area contributed by atoms with Crippen LogP contribution in [0.5, 0.6) is 5.75 Å². The Kier molecular flexibility index (Phi) is 10.1. The van der Waals surface area contributed by atoms with E-state index in [0.717, 1.165) is 38.6 Å². The van der Waals surface area contributed by atoms with Crippen molar-refractivity contribution in [2.24, 2.45) is 0 Å². The summed E-state index contributed by atoms with van der Waals surface area (Å²) < 4.78 is 33.4. The molecule has 154 valence electrons. The Bertz CT molecular complexity index is 707. The standard InChI is InChI=1S/C18H29N3O4S.ClH/c1-3-10-19-11-12-20-18(22)14-8-9-16(25-2)17(13-14)26(23,24)21-15-6-4-5-7-15;/h8-9,13,15,19,21H,3-7,10-12H2,1-2H3,(H,20,22);1H. The average molecular weight is 420 g/mol. The number of carbonyl (C=O) groups excluding carboxylic acids is 1. The lowest BCUT2D eigenvalue weighted by atomic mass is 10.2. The third kappa shape index (κ3) is 6.95. The molecule has 0 bridgehead atoms. The smallest absolute Gasteiger partial charge is 0.251 e. The molecule has 27 heavy (non-hydrogen) atoms. The first-order valence-corrected chi connectivity index (χ1v) is 10.7. The fourth-order valence-electron chi connectivity index (χ4n) is 3.02. The van der Waals surface area contributed by atoms with Crippen molar-refractivity contribution in [2.75, 3.05) is 26.7 Å². The van der Waals surface area contributed by atoms with Gasteiger partial charge in [0.1, 0.15) is 10.6 Å². The molecule has 0 atom stereocenters. The number of amides is 1. The first-order valence-electron chi connectivity index (χ1n) is 9.17. The number of rotatable bonds is 10. The Labute approximate surface area is 168 Å². The molecule has 7 nitrogen and oxygen atoms in total. The largest absolute Gasteiger partial charge is 0.495 e. The fraction of sp³-hybridized carbons (Fsp3) is 0.611. The summed E-state index contributed by atoms with van der Waals surface area (Å²) in [5.41, 5.74) is 0.299. The number of hydrogen-bond donors (Lipinski definition) is 3. The third-order valence-corrected chi connectivity index (χ3v) is 5.95. The molecule has 9 heteroatoms. The van der Waals surface area contributed by atoms with Gasteiger partial charge in [0, 0.05) is 24.7 Å². The maximum atomic E-state index is 12.7. The molecule has 3 N–H and O–H groups in total. The van der Waals surface area contributed by atoms with Gasteiger partial charge in [-0.15, -0.1) is 12.4 Å². The topological polar surface area (TPSA) is 96.5 Å².